The predicted molar refractivity (Wildman–Crippen MR) is 40.7 cm³/mol. The van der Waals surface area contributed by atoms with Gasteiger partial charge in [0.25, 0.3) is 0 Å². The number of hydrogen-bond acceptors (Lipinski definition) is 2. The van der Waals surface area contributed by atoms with E-state index in [-0.39, 0.29) is 11.2 Å². The molecular formula is C10H12O2. The summed E-state index contributed by atoms with van der Waals surface area (Å²) in [6.07, 6.45) is 6.69. The molecule has 0 radical (unpaired) electrons. The zero-order chi connectivity index (χ0) is 7.55. The molecule has 0 aromatic carbocycles. The molecule has 5 fully saturated rings. The third-order valence-corrected chi connectivity index (χ3v) is 5.20. The highest BCUT2D eigenvalue weighted by molar-refractivity contribution is 5.41. The zero-order valence-corrected chi connectivity index (χ0v) is 6.95. The van der Waals surface area contributed by atoms with E-state index < -0.39 is 0 Å². The maximum atomic E-state index is 5.92. The Morgan fingerprint density at radius 2 is 1.42 bits per heavy atom. The minimum absolute atomic E-state index is 0.278. The van der Waals surface area contributed by atoms with Crippen LogP contribution in [0.1, 0.15) is 25.7 Å². The Morgan fingerprint density at radius 1 is 0.833 bits per heavy atom. The van der Waals surface area contributed by atoms with Crippen LogP contribution >= 0.6 is 0 Å². The quantitative estimate of drug-likeness (QED) is 0.501. The molecule has 0 amide bonds. The Balaban J connectivity index is 1.81. The van der Waals surface area contributed by atoms with Crippen molar-refractivity contribution < 1.29 is 9.47 Å². The van der Waals surface area contributed by atoms with Crippen LogP contribution in [0.15, 0.2) is 0 Å². The van der Waals surface area contributed by atoms with Crippen LogP contribution in [0.25, 0.3) is 0 Å². The average molecular weight is 164 g/mol. The van der Waals surface area contributed by atoms with Crippen LogP contribution in [0.3, 0.4) is 0 Å². The van der Waals surface area contributed by atoms with Gasteiger partial charge >= 0.3 is 0 Å². The van der Waals surface area contributed by atoms with Gasteiger partial charge in [0.05, 0.1) is 12.2 Å². The van der Waals surface area contributed by atoms with Gasteiger partial charge in [0.2, 0.25) is 0 Å². The molecule has 2 heteroatoms. The lowest BCUT2D eigenvalue weighted by atomic mass is 9.79. The van der Waals surface area contributed by atoms with Crippen molar-refractivity contribution in [3.05, 3.63) is 0 Å². The van der Waals surface area contributed by atoms with Gasteiger partial charge in [0.1, 0.15) is 11.2 Å². The van der Waals surface area contributed by atoms with Crippen molar-refractivity contribution in [2.45, 2.75) is 49.1 Å². The number of fused-ring (bicyclic) bond motifs is 2. The van der Waals surface area contributed by atoms with Gasteiger partial charge in [0.15, 0.2) is 0 Å². The van der Waals surface area contributed by atoms with Crippen LogP contribution in [0.5, 0.6) is 0 Å². The van der Waals surface area contributed by atoms with Crippen molar-refractivity contribution in [2.24, 2.45) is 11.8 Å². The van der Waals surface area contributed by atoms with Gasteiger partial charge in [-0.3, -0.25) is 0 Å². The molecule has 3 aliphatic carbocycles. The monoisotopic (exact) mass is 164 g/mol. The Hall–Kier alpha value is -0.0800. The minimum Gasteiger partial charge on any atom is -0.362 e. The van der Waals surface area contributed by atoms with Gasteiger partial charge in [-0.1, -0.05) is 0 Å². The van der Waals surface area contributed by atoms with E-state index in [0.29, 0.717) is 12.2 Å². The molecule has 2 spiro atoms. The van der Waals surface area contributed by atoms with Crippen LogP contribution in [-0.2, 0) is 9.47 Å². The molecule has 6 atom stereocenters. The molecule has 3 saturated carbocycles. The summed E-state index contributed by atoms with van der Waals surface area (Å²) in [4.78, 5) is 0. The lowest BCUT2D eigenvalue weighted by Crippen LogP contribution is -2.39. The van der Waals surface area contributed by atoms with Crippen LogP contribution in [0.4, 0.5) is 0 Å². The number of rotatable bonds is 0. The van der Waals surface area contributed by atoms with Crippen LogP contribution < -0.4 is 0 Å². The summed E-state index contributed by atoms with van der Waals surface area (Å²) in [5, 5.41) is 0. The van der Waals surface area contributed by atoms with Crippen LogP contribution in [0, 0.1) is 11.8 Å². The van der Waals surface area contributed by atoms with Crippen LogP contribution in [0.2, 0.25) is 0 Å². The predicted octanol–water partition coefficient (Wildman–Crippen LogP) is 1.10. The maximum absolute atomic E-state index is 5.92. The fourth-order valence-corrected chi connectivity index (χ4v) is 4.85. The fraction of sp³-hybridized carbons (Fsp3) is 1.00. The fourth-order valence-electron chi connectivity index (χ4n) is 4.85. The molecular weight excluding hydrogens is 152 g/mol. The highest BCUT2D eigenvalue weighted by Crippen LogP contribution is 2.80. The van der Waals surface area contributed by atoms with Crippen molar-refractivity contribution in [2.75, 3.05) is 0 Å². The van der Waals surface area contributed by atoms with Crippen molar-refractivity contribution >= 4 is 0 Å². The third kappa shape index (κ3) is 0.293. The van der Waals surface area contributed by atoms with Gasteiger partial charge in [-0.2, -0.15) is 0 Å². The molecule has 0 aromatic rings. The standard InChI is InChI=1S/C10H12O2/c1-2-6-3-5(1)9-7(11-9)4-8-10(6,9)12-8/h5-8H,1-4H2/t5-,6-,7+,8+,9+,10+/m1/s1. The van der Waals surface area contributed by atoms with Gasteiger partial charge < -0.3 is 9.47 Å². The van der Waals surface area contributed by atoms with Crippen LogP contribution in [-0.4, -0.2) is 23.4 Å². The summed E-state index contributed by atoms with van der Waals surface area (Å²) in [7, 11) is 0. The van der Waals surface area contributed by atoms with E-state index in [2.05, 4.69) is 0 Å². The summed E-state index contributed by atoms with van der Waals surface area (Å²) in [5.74, 6) is 1.75. The molecule has 0 unspecified atom stereocenters. The summed E-state index contributed by atoms with van der Waals surface area (Å²) < 4.78 is 11.8. The molecule has 5 rings (SSSR count). The summed E-state index contributed by atoms with van der Waals surface area (Å²) >= 11 is 0. The molecule has 0 aromatic heterocycles. The number of epoxide rings is 2. The second kappa shape index (κ2) is 1.20. The molecule has 2 saturated heterocycles. The summed E-state index contributed by atoms with van der Waals surface area (Å²) in [6, 6.07) is 0. The van der Waals surface area contributed by atoms with E-state index in [1.807, 2.05) is 0 Å². The Bertz CT molecular complexity index is 274. The van der Waals surface area contributed by atoms with Gasteiger partial charge in [0, 0.05) is 6.42 Å². The van der Waals surface area contributed by atoms with Crippen molar-refractivity contribution in [3.8, 4) is 0 Å². The molecule has 0 N–H and O–H groups in total. The Kier molecular flexibility index (Phi) is 0.561. The smallest absolute Gasteiger partial charge is 0.129 e. The lowest BCUT2D eigenvalue weighted by Gasteiger charge is -2.24. The lowest BCUT2D eigenvalue weighted by molar-refractivity contribution is 0.100. The van der Waals surface area contributed by atoms with Gasteiger partial charge in [-0.15, -0.1) is 0 Å². The molecule has 12 heavy (non-hydrogen) atoms. The largest absolute Gasteiger partial charge is 0.362 e. The van der Waals surface area contributed by atoms with Gasteiger partial charge in [-0.05, 0) is 31.1 Å². The van der Waals surface area contributed by atoms with E-state index in [9.17, 15) is 0 Å². The Morgan fingerprint density at radius 3 is 2.00 bits per heavy atom. The first-order valence-corrected chi connectivity index (χ1v) is 5.23. The highest BCUT2D eigenvalue weighted by atomic mass is 16.7. The zero-order valence-electron chi connectivity index (χ0n) is 6.95. The highest BCUT2D eigenvalue weighted by Gasteiger charge is 2.93. The normalized spacial score (nSPS) is 80.0. The minimum atomic E-state index is 0.278. The first-order chi connectivity index (χ1) is 5.88. The van der Waals surface area contributed by atoms with E-state index in [4.69, 9.17) is 9.47 Å². The first kappa shape index (κ1) is 5.61. The second-order valence-electron chi connectivity index (χ2n) is 5.24. The summed E-state index contributed by atoms with van der Waals surface area (Å²) in [6.45, 7) is 0. The van der Waals surface area contributed by atoms with Crippen molar-refractivity contribution in [1.29, 1.82) is 0 Å². The topological polar surface area (TPSA) is 25.1 Å². The molecule has 64 valence electrons. The van der Waals surface area contributed by atoms with E-state index in [1.54, 1.807) is 0 Å². The SMILES string of the molecule is C1C[C@@H]2C[C@@H]1[C@]13O[C@H]1C[C@@H]1O[C@@]213. The molecule has 2 heterocycles. The van der Waals surface area contributed by atoms with E-state index >= 15 is 0 Å². The van der Waals surface area contributed by atoms with Gasteiger partial charge in [-0.25, -0.2) is 0 Å². The first-order valence-electron chi connectivity index (χ1n) is 5.23. The second-order valence-corrected chi connectivity index (χ2v) is 5.24. The number of hydrogen-bond donors (Lipinski definition) is 0. The summed E-state index contributed by atoms with van der Waals surface area (Å²) in [5.41, 5.74) is 0.557. The van der Waals surface area contributed by atoms with E-state index in [1.165, 1.54) is 25.7 Å². The van der Waals surface area contributed by atoms with Crippen molar-refractivity contribution in [1.82, 2.24) is 0 Å². The van der Waals surface area contributed by atoms with Crippen molar-refractivity contribution in [3.63, 3.8) is 0 Å². The molecule has 5 aliphatic rings. The molecule has 2 aliphatic heterocycles. The maximum Gasteiger partial charge on any atom is 0.129 e. The average Bonchev–Trinajstić information content (AvgIpc) is 2.84. The van der Waals surface area contributed by atoms with E-state index in [0.717, 1.165) is 11.8 Å². The Labute approximate surface area is 71.2 Å². The molecule has 2 nitrogen and oxygen atoms in total. The third-order valence-electron chi connectivity index (χ3n) is 5.20. The molecule has 2 bridgehead atoms. The number of ether oxygens (including phenoxy) is 2.